The summed E-state index contributed by atoms with van der Waals surface area (Å²) in [6.07, 6.45) is 0.612. The van der Waals surface area contributed by atoms with Crippen molar-refractivity contribution >= 4 is 27.5 Å². The van der Waals surface area contributed by atoms with Gasteiger partial charge in [0.25, 0.3) is 5.91 Å². The Morgan fingerprint density at radius 2 is 2.10 bits per heavy atom. The van der Waals surface area contributed by atoms with Crippen LogP contribution in [0.1, 0.15) is 28.7 Å². The smallest absolute Gasteiger partial charge is 0.257 e. The van der Waals surface area contributed by atoms with Gasteiger partial charge >= 0.3 is 0 Å². The van der Waals surface area contributed by atoms with E-state index in [4.69, 9.17) is 0 Å². The van der Waals surface area contributed by atoms with Crippen LogP contribution < -0.4 is 5.32 Å². The first-order valence-corrected chi connectivity index (χ1v) is 6.90. The van der Waals surface area contributed by atoms with Crippen molar-refractivity contribution < 1.29 is 9.18 Å². The first-order valence-electron chi connectivity index (χ1n) is 6.11. The number of benzene rings is 1. The van der Waals surface area contributed by atoms with Crippen LogP contribution in [-0.4, -0.2) is 16.1 Å². The van der Waals surface area contributed by atoms with Gasteiger partial charge in [-0.3, -0.25) is 4.79 Å². The van der Waals surface area contributed by atoms with E-state index in [-0.39, 0.29) is 11.7 Å². The van der Waals surface area contributed by atoms with Gasteiger partial charge in [0.05, 0.1) is 22.6 Å². The molecule has 0 atom stereocenters. The van der Waals surface area contributed by atoms with Crippen LogP contribution in [0.15, 0.2) is 28.7 Å². The largest absolute Gasteiger partial charge is 0.321 e. The van der Waals surface area contributed by atoms with E-state index < -0.39 is 0 Å². The molecule has 1 heterocycles. The summed E-state index contributed by atoms with van der Waals surface area (Å²) < 4.78 is 13.5. The van der Waals surface area contributed by atoms with Gasteiger partial charge in [0.15, 0.2) is 0 Å². The number of carbonyl (C=O) groups excluding carboxylic acids is 1. The fraction of sp³-hybridized carbons (Fsp3) is 0.214. The van der Waals surface area contributed by atoms with E-state index in [1.807, 2.05) is 6.92 Å². The number of halogens is 2. The Balaban J connectivity index is 2.30. The van der Waals surface area contributed by atoms with E-state index in [0.29, 0.717) is 33.5 Å². The molecule has 6 heteroatoms. The van der Waals surface area contributed by atoms with E-state index in [0.717, 1.165) is 0 Å². The molecule has 0 aliphatic heterocycles. The molecule has 2 rings (SSSR count). The first-order chi connectivity index (χ1) is 9.51. The SMILES string of the molecule is CCc1nnc(C)cc1C(=O)Nc1ccc(F)cc1Br. The zero-order valence-corrected chi connectivity index (χ0v) is 12.7. The Bertz CT molecular complexity index is 661. The molecule has 1 amide bonds. The van der Waals surface area contributed by atoms with Crippen LogP contribution in [0.5, 0.6) is 0 Å². The lowest BCUT2D eigenvalue weighted by Gasteiger charge is -2.10. The Kier molecular flexibility index (Phi) is 4.44. The fourth-order valence-electron chi connectivity index (χ4n) is 1.75. The summed E-state index contributed by atoms with van der Waals surface area (Å²) in [5.74, 6) is -0.655. The monoisotopic (exact) mass is 337 g/mol. The van der Waals surface area contributed by atoms with Gasteiger partial charge in [-0.05, 0) is 53.5 Å². The zero-order valence-electron chi connectivity index (χ0n) is 11.1. The molecule has 0 radical (unpaired) electrons. The predicted molar refractivity (Wildman–Crippen MR) is 78.2 cm³/mol. The maximum atomic E-state index is 13.0. The van der Waals surface area contributed by atoms with Crippen LogP contribution >= 0.6 is 15.9 Å². The average molecular weight is 338 g/mol. The van der Waals surface area contributed by atoms with Gasteiger partial charge in [-0.2, -0.15) is 10.2 Å². The molecule has 0 saturated carbocycles. The predicted octanol–water partition coefficient (Wildman–Crippen LogP) is 3.50. The summed E-state index contributed by atoms with van der Waals surface area (Å²) in [6, 6.07) is 5.78. The molecule has 20 heavy (non-hydrogen) atoms. The molecule has 0 unspecified atom stereocenters. The van der Waals surface area contributed by atoms with Crippen molar-refractivity contribution in [3.05, 3.63) is 51.5 Å². The fourth-order valence-corrected chi connectivity index (χ4v) is 2.20. The van der Waals surface area contributed by atoms with Gasteiger partial charge in [-0.15, -0.1) is 0 Å². The summed E-state index contributed by atoms with van der Waals surface area (Å²) >= 11 is 3.22. The number of nitrogens with one attached hydrogen (secondary N) is 1. The van der Waals surface area contributed by atoms with Crippen LogP contribution in [0.3, 0.4) is 0 Å². The van der Waals surface area contributed by atoms with Gasteiger partial charge in [-0.1, -0.05) is 6.92 Å². The second-order valence-corrected chi connectivity index (χ2v) is 5.13. The van der Waals surface area contributed by atoms with Gasteiger partial charge in [0.1, 0.15) is 5.82 Å². The number of carbonyl (C=O) groups is 1. The molecule has 0 spiro atoms. The molecule has 1 aromatic heterocycles. The van der Waals surface area contributed by atoms with Crippen LogP contribution in [0, 0.1) is 12.7 Å². The third-order valence-corrected chi connectivity index (χ3v) is 3.41. The van der Waals surface area contributed by atoms with Crippen LogP contribution in [0.4, 0.5) is 10.1 Å². The number of amides is 1. The van der Waals surface area contributed by atoms with Crippen molar-refractivity contribution in [3.63, 3.8) is 0 Å². The quantitative estimate of drug-likeness (QED) is 0.932. The van der Waals surface area contributed by atoms with Crippen molar-refractivity contribution in [2.24, 2.45) is 0 Å². The highest BCUT2D eigenvalue weighted by Gasteiger charge is 2.14. The minimum Gasteiger partial charge on any atom is -0.321 e. The second-order valence-electron chi connectivity index (χ2n) is 4.28. The second kappa shape index (κ2) is 6.09. The van der Waals surface area contributed by atoms with Crippen molar-refractivity contribution in [2.45, 2.75) is 20.3 Å². The highest BCUT2D eigenvalue weighted by atomic mass is 79.9. The summed E-state index contributed by atoms with van der Waals surface area (Å²) in [5.41, 5.74) is 2.29. The van der Waals surface area contributed by atoms with Crippen LogP contribution in [-0.2, 0) is 6.42 Å². The minimum atomic E-state index is -0.370. The molecular weight excluding hydrogens is 325 g/mol. The summed E-state index contributed by atoms with van der Waals surface area (Å²) in [5, 5.41) is 10.7. The Morgan fingerprint density at radius 3 is 2.75 bits per heavy atom. The lowest BCUT2D eigenvalue weighted by molar-refractivity contribution is 0.102. The standard InChI is InChI=1S/C14H13BrFN3O/c1-3-12-10(6-8(2)18-19-12)14(20)17-13-5-4-9(16)7-11(13)15/h4-7H,3H2,1-2H3,(H,17,20). The molecule has 0 fully saturated rings. The molecule has 1 aromatic carbocycles. The Morgan fingerprint density at radius 1 is 1.35 bits per heavy atom. The molecule has 0 bridgehead atoms. The van der Waals surface area contributed by atoms with Gasteiger partial charge in [-0.25, -0.2) is 4.39 Å². The molecule has 0 aliphatic rings. The number of rotatable bonds is 3. The highest BCUT2D eigenvalue weighted by molar-refractivity contribution is 9.10. The molecule has 2 aromatic rings. The minimum absolute atomic E-state index is 0.285. The van der Waals surface area contributed by atoms with E-state index >= 15 is 0 Å². The van der Waals surface area contributed by atoms with Crippen LogP contribution in [0.25, 0.3) is 0 Å². The number of anilines is 1. The lowest BCUT2D eigenvalue weighted by Crippen LogP contribution is -2.16. The number of aromatic nitrogens is 2. The molecule has 4 nitrogen and oxygen atoms in total. The summed E-state index contributed by atoms with van der Waals surface area (Å²) in [4.78, 5) is 12.3. The first kappa shape index (κ1) is 14.6. The van der Waals surface area contributed by atoms with Crippen molar-refractivity contribution in [3.8, 4) is 0 Å². The maximum absolute atomic E-state index is 13.0. The zero-order chi connectivity index (χ0) is 14.7. The lowest BCUT2D eigenvalue weighted by atomic mass is 10.1. The van der Waals surface area contributed by atoms with Gasteiger partial charge in [0, 0.05) is 4.47 Å². The van der Waals surface area contributed by atoms with Crippen molar-refractivity contribution in [2.75, 3.05) is 5.32 Å². The van der Waals surface area contributed by atoms with Gasteiger partial charge in [0.2, 0.25) is 0 Å². The number of hydrogen-bond donors (Lipinski definition) is 1. The molecule has 104 valence electrons. The van der Waals surface area contributed by atoms with E-state index in [2.05, 4.69) is 31.4 Å². The average Bonchev–Trinajstić information content (AvgIpc) is 2.41. The topological polar surface area (TPSA) is 54.9 Å². The molecular formula is C14H13BrFN3O. The summed E-state index contributed by atoms with van der Waals surface area (Å²) in [7, 11) is 0. The molecule has 0 aliphatic carbocycles. The Hall–Kier alpha value is -1.82. The van der Waals surface area contributed by atoms with E-state index in [1.54, 1.807) is 13.0 Å². The van der Waals surface area contributed by atoms with E-state index in [9.17, 15) is 9.18 Å². The van der Waals surface area contributed by atoms with E-state index in [1.165, 1.54) is 18.2 Å². The number of nitrogens with zero attached hydrogens (tertiary/aromatic N) is 2. The molecule has 0 saturated heterocycles. The van der Waals surface area contributed by atoms with Crippen molar-refractivity contribution in [1.29, 1.82) is 0 Å². The number of aryl methyl sites for hydroxylation is 2. The maximum Gasteiger partial charge on any atom is 0.257 e. The third kappa shape index (κ3) is 3.19. The third-order valence-electron chi connectivity index (χ3n) is 2.75. The normalized spacial score (nSPS) is 10.4. The Labute approximate surface area is 124 Å². The van der Waals surface area contributed by atoms with Crippen molar-refractivity contribution in [1.82, 2.24) is 10.2 Å². The molecule has 1 N–H and O–H groups in total. The van der Waals surface area contributed by atoms with Crippen LogP contribution in [0.2, 0.25) is 0 Å². The summed E-state index contributed by atoms with van der Waals surface area (Å²) in [6.45, 7) is 3.68. The van der Waals surface area contributed by atoms with Gasteiger partial charge < -0.3 is 5.32 Å². The highest BCUT2D eigenvalue weighted by Crippen LogP contribution is 2.24. The number of hydrogen-bond acceptors (Lipinski definition) is 3.